The largest absolute Gasteiger partial charge is 0.497 e. The minimum Gasteiger partial charge on any atom is -0.497 e. The van der Waals surface area contributed by atoms with Crippen LogP contribution in [-0.4, -0.2) is 29.5 Å². The highest BCUT2D eigenvalue weighted by Crippen LogP contribution is 2.11. The third kappa shape index (κ3) is 3.58. The zero-order valence-electron chi connectivity index (χ0n) is 11.1. The number of imidazole rings is 1. The van der Waals surface area contributed by atoms with Gasteiger partial charge in [-0.2, -0.15) is 0 Å². The lowest BCUT2D eigenvalue weighted by Gasteiger charge is -2.05. The van der Waals surface area contributed by atoms with Crippen LogP contribution in [0.5, 0.6) is 5.75 Å². The lowest BCUT2D eigenvalue weighted by molar-refractivity contribution is 0.0954. The molecule has 0 atom stereocenters. The summed E-state index contributed by atoms with van der Waals surface area (Å²) in [6, 6.07) is 7.03. The first-order chi connectivity index (χ1) is 9.19. The second kappa shape index (κ2) is 6.04. The van der Waals surface area contributed by atoms with Crippen LogP contribution in [0.1, 0.15) is 21.9 Å². The quantitative estimate of drug-likeness (QED) is 0.858. The van der Waals surface area contributed by atoms with Gasteiger partial charge in [0.15, 0.2) is 0 Å². The van der Waals surface area contributed by atoms with Gasteiger partial charge in [-0.3, -0.25) is 4.79 Å². The number of aromatic nitrogens is 2. The smallest absolute Gasteiger partial charge is 0.251 e. The number of nitrogens with one attached hydrogen (secondary N) is 2. The maximum Gasteiger partial charge on any atom is 0.251 e. The van der Waals surface area contributed by atoms with Crippen LogP contribution in [0.3, 0.4) is 0 Å². The summed E-state index contributed by atoms with van der Waals surface area (Å²) in [6.45, 7) is 2.48. The number of methoxy groups -OCH3 is 1. The van der Waals surface area contributed by atoms with E-state index in [4.69, 9.17) is 4.74 Å². The molecular formula is C14H17N3O2. The molecule has 100 valence electrons. The van der Waals surface area contributed by atoms with E-state index in [0.29, 0.717) is 12.1 Å². The standard InChI is InChI=1S/C14H17N3O2/c1-10-16-9-12(17-10)7-8-15-14(18)11-3-5-13(19-2)6-4-11/h3-6,9H,7-8H2,1-2H3,(H,15,18)(H,16,17). The van der Waals surface area contributed by atoms with E-state index in [1.54, 1.807) is 37.6 Å². The molecule has 1 heterocycles. The average Bonchev–Trinajstić information content (AvgIpc) is 2.84. The number of carbonyl (C=O) groups excluding carboxylic acids is 1. The number of hydrogen-bond donors (Lipinski definition) is 2. The van der Waals surface area contributed by atoms with Crippen molar-refractivity contribution in [1.29, 1.82) is 0 Å². The fourth-order valence-electron chi connectivity index (χ4n) is 1.75. The molecule has 1 amide bonds. The second-order valence-corrected chi connectivity index (χ2v) is 4.23. The van der Waals surface area contributed by atoms with Crippen molar-refractivity contribution in [3.8, 4) is 5.75 Å². The lowest BCUT2D eigenvalue weighted by atomic mass is 10.2. The van der Waals surface area contributed by atoms with Crippen molar-refractivity contribution < 1.29 is 9.53 Å². The first-order valence-electron chi connectivity index (χ1n) is 6.12. The molecule has 0 unspecified atom stereocenters. The summed E-state index contributed by atoms with van der Waals surface area (Å²) in [5, 5.41) is 2.87. The van der Waals surface area contributed by atoms with Crippen LogP contribution in [0.2, 0.25) is 0 Å². The summed E-state index contributed by atoms with van der Waals surface area (Å²) in [6.07, 6.45) is 2.53. The molecule has 0 saturated carbocycles. The van der Waals surface area contributed by atoms with Gasteiger partial charge in [-0.05, 0) is 31.2 Å². The number of ether oxygens (including phenoxy) is 1. The molecule has 5 nitrogen and oxygen atoms in total. The number of nitrogens with zero attached hydrogens (tertiary/aromatic N) is 1. The van der Waals surface area contributed by atoms with Gasteiger partial charge in [0.2, 0.25) is 0 Å². The van der Waals surface area contributed by atoms with Crippen LogP contribution in [0.25, 0.3) is 0 Å². The maximum absolute atomic E-state index is 11.9. The Balaban J connectivity index is 1.83. The Kier molecular flexibility index (Phi) is 4.18. The number of rotatable bonds is 5. The fourth-order valence-corrected chi connectivity index (χ4v) is 1.75. The normalized spacial score (nSPS) is 10.2. The van der Waals surface area contributed by atoms with Crippen LogP contribution in [0.4, 0.5) is 0 Å². The van der Waals surface area contributed by atoms with E-state index in [0.717, 1.165) is 23.7 Å². The Morgan fingerprint density at radius 2 is 2.11 bits per heavy atom. The van der Waals surface area contributed by atoms with Crippen molar-refractivity contribution in [3.63, 3.8) is 0 Å². The van der Waals surface area contributed by atoms with Gasteiger partial charge < -0.3 is 15.0 Å². The molecule has 19 heavy (non-hydrogen) atoms. The molecule has 1 aromatic heterocycles. The molecule has 0 radical (unpaired) electrons. The minimum atomic E-state index is -0.0844. The van der Waals surface area contributed by atoms with Gasteiger partial charge in [-0.1, -0.05) is 0 Å². The number of aromatic amines is 1. The molecule has 2 N–H and O–H groups in total. The van der Waals surface area contributed by atoms with E-state index in [9.17, 15) is 4.79 Å². The molecule has 5 heteroatoms. The zero-order valence-corrected chi connectivity index (χ0v) is 11.1. The van der Waals surface area contributed by atoms with Gasteiger partial charge in [-0.15, -0.1) is 0 Å². The number of amides is 1. The molecular weight excluding hydrogens is 242 g/mol. The van der Waals surface area contributed by atoms with Crippen molar-refractivity contribution in [2.75, 3.05) is 13.7 Å². The predicted octanol–water partition coefficient (Wildman–Crippen LogP) is 1.70. The number of aryl methyl sites for hydroxylation is 1. The van der Waals surface area contributed by atoms with Crippen LogP contribution in [-0.2, 0) is 6.42 Å². The molecule has 0 aliphatic heterocycles. The van der Waals surface area contributed by atoms with E-state index < -0.39 is 0 Å². The van der Waals surface area contributed by atoms with Gasteiger partial charge in [0.05, 0.1) is 7.11 Å². The highest BCUT2D eigenvalue weighted by atomic mass is 16.5. The molecule has 0 aliphatic rings. The minimum absolute atomic E-state index is 0.0844. The number of carbonyl (C=O) groups is 1. The molecule has 2 aromatic rings. The average molecular weight is 259 g/mol. The summed E-state index contributed by atoms with van der Waals surface area (Å²) < 4.78 is 5.05. The molecule has 0 aliphatic carbocycles. The Hall–Kier alpha value is -2.30. The van der Waals surface area contributed by atoms with Crippen molar-refractivity contribution >= 4 is 5.91 Å². The van der Waals surface area contributed by atoms with Gasteiger partial charge in [-0.25, -0.2) is 4.98 Å². The van der Waals surface area contributed by atoms with Crippen LogP contribution >= 0.6 is 0 Å². The fraction of sp³-hybridized carbons (Fsp3) is 0.286. The van der Waals surface area contributed by atoms with Crippen molar-refractivity contribution in [3.05, 3.63) is 47.5 Å². The van der Waals surface area contributed by atoms with Gasteiger partial charge in [0.1, 0.15) is 11.6 Å². The molecule has 0 saturated heterocycles. The maximum atomic E-state index is 11.9. The van der Waals surface area contributed by atoms with E-state index in [2.05, 4.69) is 15.3 Å². The first-order valence-corrected chi connectivity index (χ1v) is 6.12. The Labute approximate surface area is 112 Å². The molecule has 0 fully saturated rings. The van der Waals surface area contributed by atoms with Crippen molar-refractivity contribution in [1.82, 2.24) is 15.3 Å². The number of benzene rings is 1. The van der Waals surface area contributed by atoms with E-state index in [1.807, 2.05) is 6.92 Å². The van der Waals surface area contributed by atoms with E-state index in [-0.39, 0.29) is 5.91 Å². The number of H-pyrrole nitrogens is 1. The Bertz CT molecular complexity index is 546. The Morgan fingerprint density at radius 3 is 2.68 bits per heavy atom. The molecule has 2 rings (SSSR count). The molecule has 0 spiro atoms. The summed E-state index contributed by atoms with van der Waals surface area (Å²) in [5.74, 6) is 1.54. The first kappa shape index (κ1) is 13.1. The van der Waals surface area contributed by atoms with E-state index >= 15 is 0 Å². The van der Waals surface area contributed by atoms with E-state index in [1.165, 1.54) is 0 Å². The van der Waals surface area contributed by atoms with Gasteiger partial charge in [0, 0.05) is 30.4 Å². The summed E-state index contributed by atoms with van der Waals surface area (Å²) in [7, 11) is 1.60. The summed E-state index contributed by atoms with van der Waals surface area (Å²) in [4.78, 5) is 19.1. The van der Waals surface area contributed by atoms with Crippen LogP contribution in [0.15, 0.2) is 30.5 Å². The second-order valence-electron chi connectivity index (χ2n) is 4.23. The van der Waals surface area contributed by atoms with Crippen LogP contribution < -0.4 is 10.1 Å². The molecule has 0 bridgehead atoms. The summed E-state index contributed by atoms with van der Waals surface area (Å²) in [5.41, 5.74) is 1.65. The van der Waals surface area contributed by atoms with Gasteiger partial charge >= 0.3 is 0 Å². The van der Waals surface area contributed by atoms with Crippen molar-refractivity contribution in [2.24, 2.45) is 0 Å². The predicted molar refractivity (Wildman–Crippen MR) is 72.4 cm³/mol. The molecule has 1 aromatic carbocycles. The number of hydrogen-bond acceptors (Lipinski definition) is 3. The monoisotopic (exact) mass is 259 g/mol. The highest BCUT2D eigenvalue weighted by Gasteiger charge is 2.05. The topological polar surface area (TPSA) is 67.0 Å². The highest BCUT2D eigenvalue weighted by molar-refractivity contribution is 5.94. The third-order valence-corrected chi connectivity index (χ3v) is 2.79. The third-order valence-electron chi connectivity index (χ3n) is 2.79. The zero-order chi connectivity index (χ0) is 13.7. The van der Waals surface area contributed by atoms with Gasteiger partial charge in [0.25, 0.3) is 5.91 Å². The lowest BCUT2D eigenvalue weighted by Crippen LogP contribution is -2.25. The summed E-state index contributed by atoms with van der Waals surface area (Å²) >= 11 is 0. The van der Waals surface area contributed by atoms with Crippen LogP contribution in [0, 0.1) is 6.92 Å². The SMILES string of the molecule is COc1ccc(C(=O)NCCc2cnc(C)[nH]2)cc1. The Morgan fingerprint density at radius 1 is 1.37 bits per heavy atom. The van der Waals surface area contributed by atoms with Crippen molar-refractivity contribution in [2.45, 2.75) is 13.3 Å².